The van der Waals surface area contributed by atoms with Crippen molar-refractivity contribution >= 4 is 17.4 Å². The van der Waals surface area contributed by atoms with Crippen LogP contribution in [0.5, 0.6) is 0 Å². The van der Waals surface area contributed by atoms with Crippen LogP contribution in [-0.2, 0) is 4.74 Å². The SMILES string of the molecule is Cc1cc(C)c(C(=O)COC(=O)c2ccc([N+](=O)[O-])c(C)c2)c(C)c1. The predicted octanol–water partition coefficient (Wildman–Crippen LogP) is 3.87. The first-order valence-corrected chi connectivity index (χ1v) is 7.74. The van der Waals surface area contributed by atoms with Crippen LogP contribution in [0.4, 0.5) is 5.69 Å². The molecule has 2 rings (SSSR count). The van der Waals surface area contributed by atoms with Gasteiger partial charge in [-0.1, -0.05) is 17.7 Å². The maximum atomic E-state index is 12.4. The van der Waals surface area contributed by atoms with Gasteiger partial charge in [0.05, 0.1) is 10.5 Å². The van der Waals surface area contributed by atoms with Crippen molar-refractivity contribution in [2.24, 2.45) is 0 Å². The average Bonchev–Trinajstić information content (AvgIpc) is 2.51. The van der Waals surface area contributed by atoms with Crippen LogP contribution in [0.2, 0.25) is 0 Å². The van der Waals surface area contributed by atoms with Crippen molar-refractivity contribution in [3.63, 3.8) is 0 Å². The molecule has 0 aliphatic carbocycles. The minimum absolute atomic E-state index is 0.0708. The molecule has 0 saturated carbocycles. The maximum Gasteiger partial charge on any atom is 0.338 e. The number of carbonyl (C=O) groups is 2. The van der Waals surface area contributed by atoms with E-state index in [0.717, 1.165) is 16.7 Å². The van der Waals surface area contributed by atoms with Gasteiger partial charge in [-0.3, -0.25) is 14.9 Å². The fourth-order valence-corrected chi connectivity index (χ4v) is 2.89. The van der Waals surface area contributed by atoms with Gasteiger partial charge in [-0.2, -0.15) is 0 Å². The van der Waals surface area contributed by atoms with Gasteiger partial charge >= 0.3 is 5.97 Å². The van der Waals surface area contributed by atoms with E-state index in [0.29, 0.717) is 11.1 Å². The van der Waals surface area contributed by atoms with Gasteiger partial charge in [-0.25, -0.2) is 4.79 Å². The Morgan fingerprint density at radius 2 is 1.60 bits per heavy atom. The number of hydrogen-bond acceptors (Lipinski definition) is 5. The highest BCUT2D eigenvalue weighted by Gasteiger charge is 2.18. The lowest BCUT2D eigenvalue weighted by Crippen LogP contribution is -2.16. The molecule has 0 unspecified atom stereocenters. The molecule has 0 fully saturated rings. The first kappa shape index (κ1) is 18.3. The molecule has 0 N–H and O–H groups in total. The molecule has 130 valence electrons. The van der Waals surface area contributed by atoms with Gasteiger partial charge in [0.2, 0.25) is 5.78 Å². The third kappa shape index (κ3) is 4.09. The van der Waals surface area contributed by atoms with E-state index in [1.54, 1.807) is 6.92 Å². The molecule has 0 aliphatic heterocycles. The van der Waals surface area contributed by atoms with E-state index in [4.69, 9.17) is 4.74 Å². The molecule has 0 saturated heterocycles. The average molecular weight is 341 g/mol. The highest BCUT2D eigenvalue weighted by molar-refractivity contribution is 6.01. The van der Waals surface area contributed by atoms with Crippen molar-refractivity contribution in [2.45, 2.75) is 27.7 Å². The van der Waals surface area contributed by atoms with Crippen LogP contribution in [0, 0.1) is 37.8 Å². The molecule has 6 nitrogen and oxygen atoms in total. The maximum absolute atomic E-state index is 12.4. The number of benzene rings is 2. The zero-order chi connectivity index (χ0) is 18.7. The number of rotatable bonds is 5. The Balaban J connectivity index is 2.11. The predicted molar refractivity (Wildman–Crippen MR) is 93.1 cm³/mol. The Labute approximate surface area is 145 Å². The minimum atomic E-state index is -0.686. The standard InChI is InChI=1S/C19H19NO5/c1-11-7-13(3)18(14(4)8-11)17(21)10-25-19(22)15-5-6-16(20(23)24)12(2)9-15/h5-9H,10H2,1-4H3. The molecule has 0 aromatic heterocycles. The molecule has 0 amide bonds. The highest BCUT2D eigenvalue weighted by Crippen LogP contribution is 2.20. The van der Waals surface area contributed by atoms with E-state index in [-0.39, 0.29) is 23.6 Å². The molecule has 25 heavy (non-hydrogen) atoms. The molecule has 0 spiro atoms. The summed E-state index contributed by atoms with van der Waals surface area (Å²) < 4.78 is 5.08. The van der Waals surface area contributed by atoms with Gasteiger partial charge in [-0.05, 0) is 51.0 Å². The third-order valence-corrected chi connectivity index (χ3v) is 3.92. The first-order valence-electron chi connectivity index (χ1n) is 7.74. The molecule has 0 heterocycles. The quantitative estimate of drug-likeness (QED) is 0.357. The van der Waals surface area contributed by atoms with E-state index >= 15 is 0 Å². The molecule has 0 radical (unpaired) electrons. The van der Waals surface area contributed by atoms with Crippen molar-refractivity contribution in [3.05, 3.63) is 73.8 Å². The molecule has 0 atom stereocenters. The second-order valence-electron chi connectivity index (χ2n) is 6.03. The minimum Gasteiger partial charge on any atom is -0.454 e. The monoisotopic (exact) mass is 341 g/mol. The van der Waals surface area contributed by atoms with E-state index < -0.39 is 10.9 Å². The molecule has 0 aliphatic rings. The fourth-order valence-electron chi connectivity index (χ4n) is 2.89. The Kier molecular flexibility index (Phi) is 5.32. The molecule has 0 bridgehead atoms. The van der Waals surface area contributed by atoms with Crippen molar-refractivity contribution in [2.75, 3.05) is 6.61 Å². The molecular formula is C19H19NO5. The molecule has 2 aromatic carbocycles. The summed E-state index contributed by atoms with van der Waals surface area (Å²) in [5.41, 5.74) is 3.75. The van der Waals surface area contributed by atoms with Crippen molar-refractivity contribution in [1.29, 1.82) is 0 Å². The van der Waals surface area contributed by atoms with Gasteiger partial charge in [0.25, 0.3) is 5.69 Å². The number of aryl methyl sites for hydroxylation is 4. The summed E-state index contributed by atoms with van der Waals surface area (Å²) in [6.07, 6.45) is 0. The number of Topliss-reactive ketones (excluding diaryl/α,β-unsaturated/α-hetero) is 1. The summed E-state index contributed by atoms with van der Waals surface area (Å²) in [5, 5.41) is 10.8. The van der Waals surface area contributed by atoms with Crippen LogP contribution < -0.4 is 0 Å². The van der Waals surface area contributed by atoms with Crippen molar-refractivity contribution in [1.82, 2.24) is 0 Å². The second kappa shape index (κ2) is 7.25. The summed E-state index contributed by atoms with van der Waals surface area (Å²) in [6.45, 7) is 6.80. The van der Waals surface area contributed by atoms with Gasteiger partial charge < -0.3 is 4.74 Å². The third-order valence-electron chi connectivity index (χ3n) is 3.92. The van der Waals surface area contributed by atoms with E-state index in [9.17, 15) is 19.7 Å². The number of hydrogen-bond donors (Lipinski definition) is 0. The molecule has 6 heteroatoms. The Morgan fingerprint density at radius 3 is 2.12 bits per heavy atom. The highest BCUT2D eigenvalue weighted by atomic mass is 16.6. The smallest absolute Gasteiger partial charge is 0.338 e. The lowest BCUT2D eigenvalue weighted by atomic mass is 9.97. The normalized spacial score (nSPS) is 10.4. The van der Waals surface area contributed by atoms with Crippen LogP contribution in [0.1, 0.15) is 43.0 Å². The summed E-state index contributed by atoms with van der Waals surface area (Å²) in [5.74, 6) is -0.962. The van der Waals surface area contributed by atoms with Crippen molar-refractivity contribution in [3.8, 4) is 0 Å². The number of esters is 1. The van der Waals surface area contributed by atoms with E-state index in [1.807, 2.05) is 32.9 Å². The summed E-state index contributed by atoms with van der Waals surface area (Å²) in [4.78, 5) is 34.8. The zero-order valence-corrected chi connectivity index (χ0v) is 14.6. The Bertz CT molecular complexity index is 847. The summed E-state index contributed by atoms with van der Waals surface area (Å²) >= 11 is 0. The van der Waals surface area contributed by atoms with Crippen LogP contribution in [0.25, 0.3) is 0 Å². The summed E-state index contributed by atoms with van der Waals surface area (Å²) in [6, 6.07) is 7.76. The van der Waals surface area contributed by atoms with Gasteiger partial charge in [0.1, 0.15) is 0 Å². The number of ether oxygens (including phenoxy) is 1. The van der Waals surface area contributed by atoms with Crippen LogP contribution in [-0.4, -0.2) is 23.3 Å². The number of ketones is 1. The number of nitrogens with zero attached hydrogens (tertiary/aromatic N) is 1. The zero-order valence-electron chi connectivity index (χ0n) is 14.6. The van der Waals surface area contributed by atoms with Crippen LogP contribution in [0.3, 0.4) is 0 Å². The molecular weight excluding hydrogens is 322 g/mol. The van der Waals surface area contributed by atoms with Gasteiger partial charge in [0, 0.05) is 17.2 Å². The Morgan fingerprint density at radius 1 is 1.00 bits per heavy atom. The topological polar surface area (TPSA) is 86.5 Å². The lowest BCUT2D eigenvalue weighted by molar-refractivity contribution is -0.385. The van der Waals surface area contributed by atoms with Crippen molar-refractivity contribution < 1.29 is 19.2 Å². The van der Waals surface area contributed by atoms with Crippen LogP contribution >= 0.6 is 0 Å². The largest absolute Gasteiger partial charge is 0.454 e. The summed E-state index contributed by atoms with van der Waals surface area (Å²) in [7, 11) is 0. The van der Waals surface area contributed by atoms with Crippen LogP contribution in [0.15, 0.2) is 30.3 Å². The fraction of sp³-hybridized carbons (Fsp3) is 0.263. The van der Waals surface area contributed by atoms with E-state index in [2.05, 4.69) is 0 Å². The molecule has 2 aromatic rings. The number of nitro benzene ring substituents is 1. The lowest BCUT2D eigenvalue weighted by Gasteiger charge is -2.11. The van der Waals surface area contributed by atoms with E-state index in [1.165, 1.54) is 18.2 Å². The second-order valence-corrected chi connectivity index (χ2v) is 6.03. The van der Waals surface area contributed by atoms with Gasteiger partial charge in [0.15, 0.2) is 6.61 Å². The van der Waals surface area contributed by atoms with Gasteiger partial charge in [-0.15, -0.1) is 0 Å². The number of nitro groups is 1. The Hall–Kier alpha value is -3.02. The first-order chi connectivity index (χ1) is 11.7. The number of carbonyl (C=O) groups excluding carboxylic acids is 2.